The number of benzene rings is 1. The summed E-state index contributed by atoms with van der Waals surface area (Å²) in [6.45, 7) is 0. The van der Waals surface area contributed by atoms with Gasteiger partial charge in [-0.15, -0.1) is 0 Å². The summed E-state index contributed by atoms with van der Waals surface area (Å²) < 4.78 is 0.898. The Bertz CT molecular complexity index is 610. The van der Waals surface area contributed by atoms with Gasteiger partial charge >= 0.3 is 0 Å². The van der Waals surface area contributed by atoms with Gasteiger partial charge in [-0.1, -0.05) is 0 Å². The van der Waals surface area contributed by atoms with Crippen molar-refractivity contribution in [1.29, 1.82) is 0 Å². The fourth-order valence-electron chi connectivity index (χ4n) is 1.59. The Morgan fingerprint density at radius 2 is 1.61 bits per heavy atom. The normalized spacial score (nSPS) is 10.8. The molecule has 0 aliphatic heterocycles. The van der Waals surface area contributed by atoms with E-state index in [2.05, 4.69) is 36.8 Å². The highest BCUT2D eigenvalue weighted by Gasteiger charge is 2.16. The van der Waals surface area contributed by atoms with Crippen molar-refractivity contribution in [3.63, 3.8) is 0 Å². The summed E-state index contributed by atoms with van der Waals surface area (Å²) >= 11 is 6.42. The van der Waals surface area contributed by atoms with Gasteiger partial charge in [0.2, 0.25) is 0 Å². The van der Waals surface area contributed by atoms with Gasteiger partial charge in [0.25, 0.3) is 0 Å². The molecular formula is C11H9Br2NO4. The van der Waals surface area contributed by atoms with Crippen LogP contribution in [0.25, 0.3) is 0 Å². The minimum absolute atomic E-state index is 0.136. The fourth-order valence-corrected chi connectivity index (χ4v) is 2.49. The molecule has 0 unspecified atom stereocenters. The molecule has 5 nitrogen and oxygen atoms in total. The van der Waals surface area contributed by atoms with Crippen molar-refractivity contribution in [2.45, 2.75) is 6.42 Å². The van der Waals surface area contributed by atoms with Crippen LogP contribution in [0.2, 0.25) is 0 Å². The van der Waals surface area contributed by atoms with Crippen molar-refractivity contribution in [2.24, 2.45) is 0 Å². The number of phenolic OH excluding ortho intramolecular Hbond substituents is 2. The molecule has 1 aromatic carbocycles. The van der Waals surface area contributed by atoms with E-state index < -0.39 is 0 Å². The van der Waals surface area contributed by atoms with Gasteiger partial charge in [-0.3, -0.25) is 4.98 Å². The van der Waals surface area contributed by atoms with Crippen molar-refractivity contribution in [1.82, 2.24) is 4.98 Å². The summed E-state index contributed by atoms with van der Waals surface area (Å²) in [6.07, 6.45) is 0.274. The van der Waals surface area contributed by atoms with Crippen LogP contribution in [0.15, 0.2) is 21.1 Å². The quantitative estimate of drug-likeness (QED) is 0.519. The van der Waals surface area contributed by atoms with Crippen molar-refractivity contribution in [3.05, 3.63) is 32.2 Å². The Morgan fingerprint density at radius 3 is 2.17 bits per heavy atom. The lowest BCUT2D eigenvalue weighted by Crippen LogP contribution is -1.90. The lowest BCUT2D eigenvalue weighted by molar-refractivity contribution is 0.400. The Morgan fingerprint density at radius 1 is 0.944 bits per heavy atom. The van der Waals surface area contributed by atoms with Gasteiger partial charge < -0.3 is 20.4 Å². The molecule has 1 aromatic heterocycles. The summed E-state index contributed by atoms with van der Waals surface area (Å²) in [5, 5.41) is 37.8. The third-order valence-corrected chi connectivity index (χ3v) is 4.69. The number of rotatable bonds is 2. The zero-order chi connectivity index (χ0) is 13.4. The highest BCUT2D eigenvalue weighted by Crippen LogP contribution is 2.42. The predicted molar refractivity (Wildman–Crippen MR) is 72.1 cm³/mol. The molecule has 0 radical (unpaired) electrons. The molecule has 0 aliphatic rings. The lowest BCUT2D eigenvalue weighted by Gasteiger charge is -2.09. The standard InChI is InChI=1S/C11H9Br2NO4/c12-8-4(2-6(15)10(17)9(8)13)1-5-3-7(16)14-11(5)18/h2-3,14-18H,1H2. The maximum atomic E-state index is 9.54. The third-order valence-electron chi connectivity index (χ3n) is 2.48. The van der Waals surface area contributed by atoms with Crippen LogP contribution >= 0.6 is 31.9 Å². The summed E-state index contributed by atoms with van der Waals surface area (Å²) in [7, 11) is 0. The predicted octanol–water partition coefficient (Wildman–Crippen LogP) is 2.95. The van der Waals surface area contributed by atoms with Crippen LogP contribution in [0, 0.1) is 0 Å². The smallest absolute Gasteiger partial charge is 0.194 e. The van der Waals surface area contributed by atoms with E-state index in [1.54, 1.807) is 0 Å². The van der Waals surface area contributed by atoms with Crippen LogP contribution in [0.1, 0.15) is 11.1 Å². The molecule has 1 heterocycles. The zero-order valence-electron chi connectivity index (χ0n) is 8.91. The molecule has 18 heavy (non-hydrogen) atoms. The SMILES string of the molecule is Oc1cc(Cc2cc(O)c(O)c(Br)c2Br)c(O)[nH]1. The Hall–Kier alpha value is -1.34. The molecule has 0 amide bonds. The van der Waals surface area contributed by atoms with Gasteiger partial charge in [0.1, 0.15) is 0 Å². The molecule has 0 spiro atoms. The maximum absolute atomic E-state index is 9.54. The Balaban J connectivity index is 2.44. The number of hydrogen-bond donors (Lipinski definition) is 5. The van der Waals surface area contributed by atoms with Crippen LogP contribution in [0.3, 0.4) is 0 Å². The van der Waals surface area contributed by atoms with E-state index in [0.717, 1.165) is 0 Å². The van der Waals surface area contributed by atoms with Gasteiger partial charge in [0, 0.05) is 22.5 Å². The molecule has 0 saturated carbocycles. The minimum Gasteiger partial charge on any atom is -0.504 e. The van der Waals surface area contributed by atoms with Gasteiger partial charge in [-0.2, -0.15) is 0 Å². The molecule has 0 saturated heterocycles. The first-order valence-electron chi connectivity index (χ1n) is 4.88. The van der Waals surface area contributed by atoms with Crippen molar-refractivity contribution >= 4 is 31.9 Å². The van der Waals surface area contributed by atoms with Crippen molar-refractivity contribution in [2.75, 3.05) is 0 Å². The monoisotopic (exact) mass is 377 g/mol. The first-order chi connectivity index (χ1) is 8.40. The number of aromatic amines is 1. The Labute approximate surface area is 119 Å². The minimum atomic E-state index is -0.265. The third kappa shape index (κ3) is 2.28. The number of nitrogens with one attached hydrogen (secondary N) is 1. The topological polar surface area (TPSA) is 96.7 Å². The van der Waals surface area contributed by atoms with Gasteiger partial charge in [-0.05, 0) is 43.5 Å². The number of aromatic hydroxyl groups is 4. The lowest BCUT2D eigenvalue weighted by atomic mass is 10.1. The fraction of sp³-hybridized carbons (Fsp3) is 0.0909. The van der Waals surface area contributed by atoms with E-state index in [4.69, 9.17) is 0 Å². The molecular weight excluding hydrogens is 370 g/mol. The Kier molecular flexibility index (Phi) is 3.45. The average Bonchev–Trinajstić information content (AvgIpc) is 2.62. The van der Waals surface area contributed by atoms with Crippen LogP contribution < -0.4 is 0 Å². The van der Waals surface area contributed by atoms with Crippen molar-refractivity contribution < 1.29 is 20.4 Å². The van der Waals surface area contributed by atoms with E-state index in [-0.39, 0.29) is 29.7 Å². The first-order valence-corrected chi connectivity index (χ1v) is 6.47. The second kappa shape index (κ2) is 4.74. The summed E-state index contributed by atoms with van der Waals surface area (Å²) in [6, 6.07) is 2.77. The largest absolute Gasteiger partial charge is 0.504 e. The number of phenols is 2. The average molecular weight is 379 g/mol. The number of aromatic nitrogens is 1. The first kappa shape index (κ1) is 13.1. The number of hydrogen-bond acceptors (Lipinski definition) is 4. The molecule has 96 valence electrons. The number of H-pyrrole nitrogens is 1. The van der Waals surface area contributed by atoms with Crippen LogP contribution in [-0.2, 0) is 6.42 Å². The molecule has 7 heteroatoms. The van der Waals surface area contributed by atoms with Gasteiger partial charge in [0.15, 0.2) is 23.3 Å². The van der Waals surface area contributed by atoms with Crippen LogP contribution in [0.5, 0.6) is 23.3 Å². The van der Waals surface area contributed by atoms with E-state index in [1.165, 1.54) is 12.1 Å². The maximum Gasteiger partial charge on any atom is 0.194 e. The second-order valence-electron chi connectivity index (χ2n) is 3.74. The molecule has 5 N–H and O–H groups in total. The van der Waals surface area contributed by atoms with Crippen LogP contribution in [0.4, 0.5) is 0 Å². The molecule has 0 aliphatic carbocycles. The second-order valence-corrected chi connectivity index (χ2v) is 5.32. The number of halogens is 2. The zero-order valence-corrected chi connectivity index (χ0v) is 12.1. The van der Waals surface area contributed by atoms with Crippen LogP contribution in [-0.4, -0.2) is 25.4 Å². The molecule has 0 bridgehead atoms. The highest BCUT2D eigenvalue weighted by molar-refractivity contribution is 9.13. The van der Waals surface area contributed by atoms with Gasteiger partial charge in [-0.25, -0.2) is 0 Å². The van der Waals surface area contributed by atoms with E-state index in [0.29, 0.717) is 20.1 Å². The summed E-state index contributed by atoms with van der Waals surface area (Å²) in [5.41, 5.74) is 1.12. The van der Waals surface area contributed by atoms with Gasteiger partial charge in [0.05, 0.1) is 4.47 Å². The van der Waals surface area contributed by atoms with Crippen molar-refractivity contribution in [3.8, 4) is 23.3 Å². The highest BCUT2D eigenvalue weighted by atomic mass is 79.9. The van der Waals surface area contributed by atoms with E-state index >= 15 is 0 Å². The molecule has 0 atom stereocenters. The summed E-state index contributed by atoms with van der Waals surface area (Å²) in [5.74, 6) is -0.796. The molecule has 2 rings (SSSR count). The summed E-state index contributed by atoms with van der Waals surface area (Å²) in [4.78, 5) is 2.36. The van der Waals surface area contributed by atoms with E-state index in [1.807, 2.05) is 0 Å². The molecule has 0 fully saturated rings. The molecule has 2 aromatic rings. The van der Waals surface area contributed by atoms with E-state index in [9.17, 15) is 20.4 Å².